The Balaban J connectivity index is 1.31. The maximum absolute atomic E-state index is 14.1. The number of halogens is 1. The summed E-state index contributed by atoms with van der Waals surface area (Å²) in [4.78, 5) is 14.4. The van der Waals surface area contributed by atoms with Crippen molar-refractivity contribution in [3.8, 4) is 6.07 Å². The predicted molar refractivity (Wildman–Crippen MR) is 97.6 cm³/mol. The molecule has 0 bridgehead atoms. The fourth-order valence-electron chi connectivity index (χ4n) is 3.51. The van der Waals surface area contributed by atoms with Crippen molar-refractivity contribution in [3.63, 3.8) is 0 Å². The van der Waals surface area contributed by atoms with Gasteiger partial charge in [-0.15, -0.1) is 10.2 Å². The molecule has 2 heterocycles. The molecular formula is C20H20FN5O. The average Bonchev–Trinajstić information content (AvgIpc) is 3.40. The second-order valence-corrected chi connectivity index (χ2v) is 7.19. The van der Waals surface area contributed by atoms with Gasteiger partial charge in [0.15, 0.2) is 11.5 Å². The minimum atomic E-state index is -0.200. The van der Waals surface area contributed by atoms with Crippen LogP contribution < -0.4 is 10.2 Å². The van der Waals surface area contributed by atoms with Crippen LogP contribution in [0.15, 0.2) is 30.3 Å². The molecular weight excluding hydrogens is 345 g/mol. The van der Waals surface area contributed by atoms with Crippen molar-refractivity contribution in [1.82, 2.24) is 15.5 Å². The number of carbonyl (C=O) groups excluding carboxylic acids is 1. The van der Waals surface area contributed by atoms with E-state index in [0.717, 1.165) is 31.4 Å². The second-order valence-electron chi connectivity index (χ2n) is 7.19. The number of benzene rings is 1. The van der Waals surface area contributed by atoms with Crippen LogP contribution in [0.1, 0.15) is 42.0 Å². The summed E-state index contributed by atoms with van der Waals surface area (Å²) in [7, 11) is 0. The summed E-state index contributed by atoms with van der Waals surface area (Å²) in [5.74, 6) is 0.756. The Labute approximate surface area is 157 Å². The largest absolute Gasteiger partial charge is 0.353 e. The van der Waals surface area contributed by atoms with E-state index in [-0.39, 0.29) is 29.9 Å². The highest BCUT2D eigenvalue weighted by Crippen LogP contribution is 2.41. The quantitative estimate of drug-likeness (QED) is 0.879. The van der Waals surface area contributed by atoms with E-state index >= 15 is 0 Å². The summed E-state index contributed by atoms with van der Waals surface area (Å²) in [5, 5.41) is 19.7. The zero-order valence-corrected chi connectivity index (χ0v) is 14.9. The predicted octanol–water partition coefficient (Wildman–Crippen LogP) is 2.30. The van der Waals surface area contributed by atoms with Crippen molar-refractivity contribution in [2.24, 2.45) is 0 Å². The molecule has 1 N–H and O–H groups in total. The van der Waals surface area contributed by atoms with Crippen molar-refractivity contribution < 1.29 is 9.18 Å². The van der Waals surface area contributed by atoms with E-state index < -0.39 is 0 Å². The van der Waals surface area contributed by atoms with Crippen LogP contribution in [-0.4, -0.2) is 35.2 Å². The number of nitriles is 1. The number of carbonyl (C=O) groups is 1. The number of rotatable bonds is 5. The Morgan fingerprint density at radius 2 is 2.11 bits per heavy atom. The first kappa shape index (κ1) is 17.4. The molecule has 138 valence electrons. The molecule has 2 aliphatic rings. The van der Waals surface area contributed by atoms with E-state index in [2.05, 4.69) is 15.5 Å². The molecule has 1 aromatic carbocycles. The summed E-state index contributed by atoms with van der Waals surface area (Å²) in [6, 6.07) is 10.5. The lowest BCUT2D eigenvalue weighted by molar-refractivity contribution is -0.121. The van der Waals surface area contributed by atoms with Crippen LogP contribution in [0.2, 0.25) is 0 Å². The third-order valence-corrected chi connectivity index (χ3v) is 5.09. The molecule has 0 radical (unpaired) electrons. The molecule has 0 unspecified atom stereocenters. The van der Waals surface area contributed by atoms with Crippen LogP contribution in [0, 0.1) is 17.1 Å². The molecule has 1 aromatic heterocycles. The number of nitrogens with one attached hydrogen (secondary N) is 1. The van der Waals surface area contributed by atoms with Crippen molar-refractivity contribution in [1.29, 1.82) is 5.26 Å². The lowest BCUT2D eigenvalue weighted by atomic mass is 10.0. The molecule has 1 saturated heterocycles. The number of anilines is 1. The number of amides is 1. The van der Waals surface area contributed by atoms with Gasteiger partial charge in [0, 0.05) is 19.1 Å². The van der Waals surface area contributed by atoms with Crippen molar-refractivity contribution >= 4 is 11.7 Å². The van der Waals surface area contributed by atoms with E-state index in [4.69, 9.17) is 5.26 Å². The molecule has 27 heavy (non-hydrogen) atoms. The highest BCUT2D eigenvalue weighted by molar-refractivity contribution is 5.79. The van der Waals surface area contributed by atoms with Crippen LogP contribution in [0.25, 0.3) is 0 Å². The van der Waals surface area contributed by atoms with Crippen LogP contribution in [0.4, 0.5) is 10.2 Å². The number of aromatic nitrogens is 2. The summed E-state index contributed by atoms with van der Waals surface area (Å²) in [6.07, 6.45) is 3.09. The zero-order valence-electron chi connectivity index (χ0n) is 14.9. The first-order valence-electron chi connectivity index (χ1n) is 9.19. The molecule has 2 fully saturated rings. The van der Waals surface area contributed by atoms with E-state index in [1.54, 1.807) is 12.1 Å². The van der Waals surface area contributed by atoms with Gasteiger partial charge in [-0.2, -0.15) is 5.26 Å². The van der Waals surface area contributed by atoms with E-state index in [1.165, 1.54) is 6.07 Å². The minimum absolute atomic E-state index is 0.0190. The van der Waals surface area contributed by atoms with Crippen molar-refractivity contribution in [2.45, 2.75) is 37.6 Å². The molecule has 1 aliphatic heterocycles. The first-order chi connectivity index (χ1) is 13.1. The van der Waals surface area contributed by atoms with Gasteiger partial charge >= 0.3 is 0 Å². The standard InChI is InChI=1S/C20H20FN5O/c21-18-9-13(1-5-17(18)14-2-3-14)10-20(27)23-16-7-8-26(12-16)19-6-4-15(11-22)24-25-19/h1,4-6,9,14,16H,2-3,7-8,10,12H2,(H,23,27)/t16-/m0/s1. The normalized spacial score (nSPS) is 19.0. The lowest BCUT2D eigenvalue weighted by Crippen LogP contribution is -2.38. The third kappa shape index (κ3) is 4.05. The molecule has 1 aliphatic carbocycles. The molecule has 2 aromatic rings. The summed E-state index contributed by atoms with van der Waals surface area (Å²) >= 11 is 0. The zero-order chi connectivity index (χ0) is 18.8. The first-order valence-corrected chi connectivity index (χ1v) is 9.19. The number of nitrogens with zero attached hydrogens (tertiary/aromatic N) is 4. The van der Waals surface area contributed by atoms with Crippen LogP contribution in [-0.2, 0) is 11.2 Å². The summed E-state index contributed by atoms with van der Waals surface area (Å²) in [6.45, 7) is 1.40. The monoisotopic (exact) mass is 365 g/mol. The maximum atomic E-state index is 14.1. The Bertz CT molecular complexity index is 888. The Morgan fingerprint density at radius 1 is 1.26 bits per heavy atom. The fraction of sp³-hybridized carbons (Fsp3) is 0.400. The maximum Gasteiger partial charge on any atom is 0.224 e. The van der Waals surface area contributed by atoms with Crippen LogP contribution >= 0.6 is 0 Å². The topological polar surface area (TPSA) is 81.9 Å². The smallest absolute Gasteiger partial charge is 0.224 e. The van der Waals surface area contributed by atoms with Gasteiger partial charge in [-0.3, -0.25) is 4.79 Å². The third-order valence-electron chi connectivity index (χ3n) is 5.09. The van der Waals surface area contributed by atoms with Gasteiger partial charge in [0.05, 0.1) is 6.42 Å². The van der Waals surface area contributed by atoms with E-state index in [0.29, 0.717) is 23.8 Å². The van der Waals surface area contributed by atoms with Crippen LogP contribution in [0.5, 0.6) is 0 Å². The molecule has 4 rings (SSSR count). The average molecular weight is 365 g/mol. The molecule has 6 nitrogen and oxygen atoms in total. The highest BCUT2D eigenvalue weighted by Gasteiger charge is 2.27. The highest BCUT2D eigenvalue weighted by atomic mass is 19.1. The van der Waals surface area contributed by atoms with Gasteiger partial charge in [-0.05, 0) is 54.5 Å². The molecule has 1 atom stereocenters. The van der Waals surface area contributed by atoms with Gasteiger partial charge in [0.2, 0.25) is 5.91 Å². The molecule has 1 saturated carbocycles. The van der Waals surface area contributed by atoms with Crippen LogP contribution in [0.3, 0.4) is 0 Å². The van der Waals surface area contributed by atoms with Gasteiger partial charge < -0.3 is 10.2 Å². The Kier molecular flexibility index (Phi) is 4.71. The lowest BCUT2D eigenvalue weighted by Gasteiger charge is -2.17. The number of hydrogen-bond donors (Lipinski definition) is 1. The van der Waals surface area contributed by atoms with Gasteiger partial charge in [0.25, 0.3) is 0 Å². The molecule has 0 spiro atoms. The Morgan fingerprint density at radius 3 is 2.78 bits per heavy atom. The van der Waals surface area contributed by atoms with E-state index in [1.807, 2.05) is 23.1 Å². The fourth-order valence-corrected chi connectivity index (χ4v) is 3.51. The van der Waals surface area contributed by atoms with Gasteiger partial charge in [-0.1, -0.05) is 12.1 Å². The Hall–Kier alpha value is -3.01. The molecule has 1 amide bonds. The van der Waals surface area contributed by atoms with Gasteiger partial charge in [-0.25, -0.2) is 4.39 Å². The summed E-state index contributed by atoms with van der Waals surface area (Å²) < 4.78 is 14.1. The molecule has 7 heteroatoms. The van der Waals surface area contributed by atoms with Gasteiger partial charge in [0.1, 0.15) is 11.9 Å². The minimum Gasteiger partial charge on any atom is -0.353 e. The van der Waals surface area contributed by atoms with Crippen molar-refractivity contribution in [3.05, 3.63) is 53.0 Å². The number of hydrogen-bond acceptors (Lipinski definition) is 5. The van der Waals surface area contributed by atoms with E-state index in [9.17, 15) is 9.18 Å². The van der Waals surface area contributed by atoms with Crippen molar-refractivity contribution in [2.75, 3.05) is 18.0 Å². The SMILES string of the molecule is N#Cc1ccc(N2CC[C@H](NC(=O)Cc3ccc(C4CC4)c(F)c3)C2)nn1. The summed E-state index contributed by atoms with van der Waals surface area (Å²) in [5.41, 5.74) is 1.75. The second kappa shape index (κ2) is 7.31.